The van der Waals surface area contributed by atoms with Gasteiger partial charge in [-0.15, -0.1) is 12.4 Å². The highest BCUT2D eigenvalue weighted by molar-refractivity contribution is 5.85. The standard InChI is InChI=1S/C14H26O4.ClH/c15-13(16)11-9-7-5-3-1-2-4-6-8-10-12-14(17)18;/h1-12H2,(H,15,16)(H,17,18);1H. The number of rotatable bonds is 13. The first-order valence-electron chi connectivity index (χ1n) is 7.06. The number of halogens is 1. The molecule has 0 aromatic carbocycles. The number of hydrogen-bond donors (Lipinski definition) is 2. The van der Waals surface area contributed by atoms with Crippen molar-refractivity contribution in [2.45, 2.75) is 77.0 Å². The Bertz CT molecular complexity index is 207. The highest BCUT2D eigenvalue weighted by atomic mass is 35.5. The van der Waals surface area contributed by atoms with Crippen LogP contribution in [-0.4, -0.2) is 22.2 Å². The van der Waals surface area contributed by atoms with E-state index in [1.807, 2.05) is 0 Å². The fourth-order valence-corrected chi connectivity index (χ4v) is 1.97. The van der Waals surface area contributed by atoms with Gasteiger partial charge in [-0.1, -0.05) is 51.4 Å². The molecular formula is C14H27ClO4. The molecule has 2 N–H and O–H groups in total. The van der Waals surface area contributed by atoms with E-state index in [1.54, 1.807) is 0 Å². The third-order valence-corrected chi connectivity index (χ3v) is 3.03. The van der Waals surface area contributed by atoms with Crippen LogP contribution in [0.4, 0.5) is 0 Å². The van der Waals surface area contributed by atoms with Gasteiger partial charge in [0.25, 0.3) is 0 Å². The second kappa shape index (κ2) is 15.3. The zero-order chi connectivity index (χ0) is 13.6. The van der Waals surface area contributed by atoms with Gasteiger partial charge in [0.2, 0.25) is 0 Å². The van der Waals surface area contributed by atoms with Crippen LogP contribution in [0.25, 0.3) is 0 Å². The fraction of sp³-hybridized carbons (Fsp3) is 0.857. The van der Waals surface area contributed by atoms with E-state index >= 15 is 0 Å². The maximum atomic E-state index is 10.3. The summed E-state index contributed by atoms with van der Waals surface area (Å²) in [5.74, 6) is -1.40. The zero-order valence-corrected chi connectivity index (χ0v) is 12.4. The smallest absolute Gasteiger partial charge is 0.303 e. The molecule has 0 bridgehead atoms. The van der Waals surface area contributed by atoms with Gasteiger partial charge in [0.1, 0.15) is 0 Å². The van der Waals surface area contributed by atoms with Crippen molar-refractivity contribution in [2.75, 3.05) is 0 Å². The highest BCUT2D eigenvalue weighted by Gasteiger charge is 1.98. The maximum Gasteiger partial charge on any atom is 0.303 e. The molecule has 0 saturated heterocycles. The molecule has 0 rings (SSSR count). The van der Waals surface area contributed by atoms with E-state index in [1.165, 1.54) is 25.7 Å². The van der Waals surface area contributed by atoms with Crippen molar-refractivity contribution in [3.8, 4) is 0 Å². The van der Waals surface area contributed by atoms with Crippen LogP contribution >= 0.6 is 12.4 Å². The van der Waals surface area contributed by atoms with Crippen LogP contribution in [0.3, 0.4) is 0 Å². The van der Waals surface area contributed by atoms with Crippen LogP contribution < -0.4 is 0 Å². The fourth-order valence-electron chi connectivity index (χ4n) is 1.97. The van der Waals surface area contributed by atoms with E-state index in [0.29, 0.717) is 12.8 Å². The Morgan fingerprint density at radius 1 is 0.526 bits per heavy atom. The molecule has 19 heavy (non-hydrogen) atoms. The molecule has 0 aliphatic carbocycles. The van der Waals surface area contributed by atoms with Gasteiger partial charge in [0.15, 0.2) is 0 Å². The van der Waals surface area contributed by atoms with Crippen LogP contribution in [0.5, 0.6) is 0 Å². The minimum atomic E-state index is -0.698. The predicted molar refractivity (Wildman–Crippen MR) is 77.9 cm³/mol. The van der Waals surface area contributed by atoms with Gasteiger partial charge in [0.05, 0.1) is 0 Å². The molecule has 0 aliphatic rings. The van der Waals surface area contributed by atoms with E-state index in [9.17, 15) is 9.59 Å². The first kappa shape index (κ1) is 20.5. The molecule has 0 radical (unpaired) electrons. The molecular weight excluding hydrogens is 268 g/mol. The van der Waals surface area contributed by atoms with Crippen LogP contribution in [0.2, 0.25) is 0 Å². The molecule has 0 spiro atoms. The van der Waals surface area contributed by atoms with E-state index in [4.69, 9.17) is 10.2 Å². The number of carboxylic acids is 2. The maximum absolute atomic E-state index is 10.3. The lowest BCUT2D eigenvalue weighted by molar-refractivity contribution is -0.138. The van der Waals surface area contributed by atoms with E-state index in [2.05, 4.69) is 0 Å². The van der Waals surface area contributed by atoms with Crippen molar-refractivity contribution in [3.63, 3.8) is 0 Å². The molecule has 0 saturated carbocycles. The average molecular weight is 295 g/mol. The molecule has 4 nitrogen and oxygen atoms in total. The number of aliphatic carboxylic acids is 2. The molecule has 0 unspecified atom stereocenters. The lowest BCUT2D eigenvalue weighted by Crippen LogP contribution is -1.93. The first-order chi connectivity index (χ1) is 8.63. The summed E-state index contributed by atoms with van der Waals surface area (Å²) in [4.78, 5) is 20.5. The van der Waals surface area contributed by atoms with Gasteiger partial charge >= 0.3 is 11.9 Å². The molecule has 0 amide bonds. The van der Waals surface area contributed by atoms with Crippen LogP contribution in [-0.2, 0) is 9.59 Å². The minimum absolute atomic E-state index is 0. The number of unbranched alkanes of at least 4 members (excludes halogenated alkanes) is 9. The molecule has 0 atom stereocenters. The molecule has 0 aliphatic heterocycles. The SMILES string of the molecule is Cl.O=C(O)CCCCCCCCCCCCC(=O)O. The minimum Gasteiger partial charge on any atom is -0.481 e. The topological polar surface area (TPSA) is 74.6 Å². The Hall–Kier alpha value is -0.770. The second-order valence-corrected chi connectivity index (χ2v) is 4.82. The summed E-state index contributed by atoms with van der Waals surface area (Å²) in [6.07, 6.45) is 11.3. The van der Waals surface area contributed by atoms with Gasteiger partial charge in [-0.3, -0.25) is 9.59 Å². The number of carboxylic acid groups (broad SMARTS) is 2. The van der Waals surface area contributed by atoms with E-state index < -0.39 is 11.9 Å². The van der Waals surface area contributed by atoms with Crippen LogP contribution in [0, 0.1) is 0 Å². The quantitative estimate of drug-likeness (QED) is 0.498. The average Bonchev–Trinajstić information content (AvgIpc) is 2.29. The highest BCUT2D eigenvalue weighted by Crippen LogP contribution is 2.11. The Kier molecular flexibility index (Phi) is 16.5. The summed E-state index contributed by atoms with van der Waals surface area (Å²) in [7, 11) is 0. The third kappa shape index (κ3) is 19.7. The normalized spacial score (nSPS) is 9.89. The molecule has 0 aromatic rings. The Labute approximate surface area is 122 Å². The zero-order valence-electron chi connectivity index (χ0n) is 11.6. The van der Waals surface area contributed by atoms with E-state index in [0.717, 1.165) is 38.5 Å². The first-order valence-corrected chi connectivity index (χ1v) is 7.06. The van der Waals surface area contributed by atoms with Crippen molar-refractivity contribution < 1.29 is 19.8 Å². The van der Waals surface area contributed by atoms with Gasteiger partial charge in [-0.2, -0.15) is 0 Å². The van der Waals surface area contributed by atoms with Gasteiger partial charge < -0.3 is 10.2 Å². The van der Waals surface area contributed by atoms with Crippen molar-refractivity contribution in [3.05, 3.63) is 0 Å². The Balaban J connectivity index is 0. The van der Waals surface area contributed by atoms with Crippen molar-refractivity contribution >= 4 is 24.3 Å². The molecule has 0 heterocycles. The lowest BCUT2D eigenvalue weighted by atomic mass is 10.1. The summed E-state index contributed by atoms with van der Waals surface area (Å²) in [6.45, 7) is 0. The van der Waals surface area contributed by atoms with Crippen LogP contribution in [0.15, 0.2) is 0 Å². The lowest BCUT2D eigenvalue weighted by Gasteiger charge is -2.01. The van der Waals surface area contributed by atoms with Gasteiger partial charge in [0, 0.05) is 12.8 Å². The largest absolute Gasteiger partial charge is 0.481 e. The Morgan fingerprint density at radius 3 is 0.947 bits per heavy atom. The molecule has 0 aromatic heterocycles. The van der Waals surface area contributed by atoms with E-state index in [-0.39, 0.29) is 12.4 Å². The Morgan fingerprint density at radius 2 is 0.737 bits per heavy atom. The molecule has 5 heteroatoms. The summed E-state index contributed by atoms with van der Waals surface area (Å²) < 4.78 is 0. The molecule has 0 fully saturated rings. The monoisotopic (exact) mass is 294 g/mol. The van der Waals surface area contributed by atoms with Crippen molar-refractivity contribution in [1.29, 1.82) is 0 Å². The van der Waals surface area contributed by atoms with Gasteiger partial charge in [-0.25, -0.2) is 0 Å². The predicted octanol–water partition coefficient (Wildman–Crippen LogP) is 4.26. The summed E-state index contributed by atoms with van der Waals surface area (Å²) >= 11 is 0. The summed E-state index contributed by atoms with van der Waals surface area (Å²) in [5.41, 5.74) is 0. The van der Waals surface area contributed by atoms with Crippen molar-refractivity contribution in [2.24, 2.45) is 0 Å². The third-order valence-electron chi connectivity index (χ3n) is 3.03. The van der Waals surface area contributed by atoms with Crippen molar-refractivity contribution in [1.82, 2.24) is 0 Å². The summed E-state index contributed by atoms with van der Waals surface area (Å²) in [6, 6.07) is 0. The number of carbonyl (C=O) groups is 2. The number of hydrogen-bond acceptors (Lipinski definition) is 2. The van der Waals surface area contributed by atoms with Gasteiger partial charge in [-0.05, 0) is 12.8 Å². The second-order valence-electron chi connectivity index (χ2n) is 4.82. The molecule has 114 valence electrons. The van der Waals surface area contributed by atoms with Crippen LogP contribution in [0.1, 0.15) is 77.0 Å². The summed E-state index contributed by atoms with van der Waals surface area (Å²) in [5, 5.41) is 16.9.